The number of aliphatic hydroxyl groups is 1. The average Bonchev–Trinajstić information content (AvgIpc) is 2.46. The quantitative estimate of drug-likeness (QED) is 0.515. The number of carbonyl (C=O) groups is 1. The van der Waals surface area contributed by atoms with E-state index < -0.39 is 0 Å². The number of carbonyl (C=O) groups excluding carboxylic acids is 1. The summed E-state index contributed by atoms with van der Waals surface area (Å²) in [6.07, 6.45) is 1.30. The fourth-order valence-corrected chi connectivity index (χ4v) is 1.97. The first-order valence-electron chi connectivity index (χ1n) is 6.92. The van der Waals surface area contributed by atoms with Gasteiger partial charge in [-0.1, -0.05) is 6.92 Å². The smallest absolute Gasteiger partial charge is 0.254 e. The Labute approximate surface area is 120 Å². The zero-order valence-electron chi connectivity index (χ0n) is 12.4. The molecule has 0 bridgehead atoms. The maximum absolute atomic E-state index is 12.6. The number of nitrogen functional groups attached to an aromatic ring is 1. The summed E-state index contributed by atoms with van der Waals surface area (Å²) in [4.78, 5) is 18.6. The van der Waals surface area contributed by atoms with Crippen molar-refractivity contribution in [2.24, 2.45) is 5.84 Å². The number of aliphatic hydroxyl groups excluding tert-OH is 1. The van der Waals surface area contributed by atoms with E-state index in [1.807, 2.05) is 20.8 Å². The molecule has 1 aromatic heterocycles. The molecule has 0 unspecified atom stereocenters. The minimum atomic E-state index is -0.0675. The topological polar surface area (TPSA) is 91.5 Å². The largest absolute Gasteiger partial charge is 0.396 e. The Morgan fingerprint density at radius 3 is 2.70 bits per heavy atom. The molecular formula is C14H24N4O2. The molecule has 4 N–H and O–H groups in total. The van der Waals surface area contributed by atoms with E-state index in [2.05, 4.69) is 10.4 Å². The predicted molar refractivity (Wildman–Crippen MR) is 79.3 cm³/mol. The predicted octanol–water partition coefficient (Wildman–Crippen LogP) is 1.16. The van der Waals surface area contributed by atoms with Gasteiger partial charge < -0.3 is 15.4 Å². The summed E-state index contributed by atoms with van der Waals surface area (Å²) in [5, 5.41) is 8.94. The first kappa shape index (κ1) is 16.4. The molecule has 0 atom stereocenters. The number of rotatable bonds is 7. The maximum Gasteiger partial charge on any atom is 0.254 e. The van der Waals surface area contributed by atoms with Crippen molar-refractivity contribution in [3.05, 3.63) is 23.4 Å². The minimum absolute atomic E-state index is 0.0675. The van der Waals surface area contributed by atoms with Gasteiger partial charge >= 0.3 is 0 Å². The zero-order chi connectivity index (χ0) is 15.1. The van der Waals surface area contributed by atoms with Crippen molar-refractivity contribution in [2.45, 2.75) is 39.7 Å². The fourth-order valence-electron chi connectivity index (χ4n) is 1.97. The number of aryl methyl sites for hydroxylation is 1. The molecule has 20 heavy (non-hydrogen) atoms. The Hall–Kier alpha value is -1.66. The van der Waals surface area contributed by atoms with Crippen LogP contribution in [0.2, 0.25) is 0 Å². The van der Waals surface area contributed by atoms with Gasteiger partial charge in [-0.25, -0.2) is 10.8 Å². The van der Waals surface area contributed by atoms with Crippen LogP contribution in [-0.4, -0.2) is 40.1 Å². The van der Waals surface area contributed by atoms with Crippen LogP contribution in [0.25, 0.3) is 0 Å². The number of hydrazine groups is 1. The SMILES string of the molecule is CCc1cc(C(=O)N(CCCO)C(C)C)cc(NN)n1. The van der Waals surface area contributed by atoms with Crippen LogP contribution in [0.15, 0.2) is 12.1 Å². The van der Waals surface area contributed by atoms with Gasteiger partial charge in [0.05, 0.1) is 0 Å². The first-order chi connectivity index (χ1) is 9.53. The highest BCUT2D eigenvalue weighted by Gasteiger charge is 2.19. The van der Waals surface area contributed by atoms with Crippen molar-refractivity contribution in [1.82, 2.24) is 9.88 Å². The van der Waals surface area contributed by atoms with Gasteiger partial charge in [0.1, 0.15) is 5.82 Å². The normalized spacial score (nSPS) is 10.7. The number of amides is 1. The molecule has 6 nitrogen and oxygen atoms in total. The van der Waals surface area contributed by atoms with Crippen LogP contribution in [-0.2, 0) is 6.42 Å². The van der Waals surface area contributed by atoms with Crippen LogP contribution < -0.4 is 11.3 Å². The Morgan fingerprint density at radius 2 is 2.20 bits per heavy atom. The lowest BCUT2D eigenvalue weighted by atomic mass is 10.1. The van der Waals surface area contributed by atoms with Gasteiger partial charge in [0.2, 0.25) is 0 Å². The monoisotopic (exact) mass is 280 g/mol. The molecule has 1 rings (SSSR count). The third-order valence-corrected chi connectivity index (χ3v) is 3.08. The van der Waals surface area contributed by atoms with E-state index in [1.165, 1.54) is 0 Å². The molecule has 0 fully saturated rings. The lowest BCUT2D eigenvalue weighted by molar-refractivity contribution is 0.0693. The Kier molecular flexibility index (Phi) is 6.41. The number of aromatic nitrogens is 1. The Morgan fingerprint density at radius 1 is 1.50 bits per heavy atom. The lowest BCUT2D eigenvalue weighted by Crippen LogP contribution is -2.38. The second-order valence-corrected chi connectivity index (χ2v) is 4.90. The number of hydrogen-bond acceptors (Lipinski definition) is 5. The van der Waals surface area contributed by atoms with Crippen molar-refractivity contribution >= 4 is 11.7 Å². The van der Waals surface area contributed by atoms with Gasteiger partial charge in [-0.15, -0.1) is 0 Å². The van der Waals surface area contributed by atoms with E-state index in [0.717, 1.165) is 12.1 Å². The number of pyridine rings is 1. The molecule has 1 heterocycles. The highest BCUT2D eigenvalue weighted by Crippen LogP contribution is 2.14. The molecule has 0 aliphatic rings. The summed E-state index contributed by atoms with van der Waals surface area (Å²) in [5.74, 6) is 5.81. The van der Waals surface area contributed by atoms with E-state index in [1.54, 1.807) is 17.0 Å². The first-order valence-corrected chi connectivity index (χ1v) is 6.92. The third kappa shape index (κ3) is 4.18. The third-order valence-electron chi connectivity index (χ3n) is 3.08. The lowest BCUT2D eigenvalue weighted by Gasteiger charge is -2.27. The summed E-state index contributed by atoms with van der Waals surface area (Å²) >= 11 is 0. The summed E-state index contributed by atoms with van der Waals surface area (Å²) in [5.41, 5.74) is 3.87. The molecule has 1 amide bonds. The number of nitrogens with zero attached hydrogens (tertiary/aromatic N) is 2. The standard InChI is InChI=1S/C14H24N4O2/c1-4-12-8-11(9-13(16-12)17-15)14(20)18(10(2)3)6-5-7-19/h8-10,19H,4-7,15H2,1-3H3,(H,16,17). The van der Waals surface area contributed by atoms with E-state index in [0.29, 0.717) is 24.3 Å². The molecule has 0 radical (unpaired) electrons. The van der Waals surface area contributed by atoms with Crippen LogP contribution in [0.3, 0.4) is 0 Å². The van der Waals surface area contributed by atoms with Crippen molar-refractivity contribution in [2.75, 3.05) is 18.6 Å². The molecular weight excluding hydrogens is 256 g/mol. The van der Waals surface area contributed by atoms with Crippen LogP contribution in [0.4, 0.5) is 5.82 Å². The molecule has 0 saturated carbocycles. The van der Waals surface area contributed by atoms with Gasteiger partial charge in [0, 0.05) is 30.5 Å². The highest BCUT2D eigenvalue weighted by molar-refractivity contribution is 5.95. The Balaban J connectivity index is 3.04. The summed E-state index contributed by atoms with van der Waals surface area (Å²) in [6.45, 7) is 6.49. The molecule has 112 valence electrons. The number of anilines is 1. The number of nitrogens with two attached hydrogens (primary N) is 1. The molecule has 0 aliphatic heterocycles. The van der Waals surface area contributed by atoms with E-state index >= 15 is 0 Å². The van der Waals surface area contributed by atoms with Crippen molar-refractivity contribution in [1.29, 1.82) is 0 Å². The Bertz CT molecular complexity index is 427. The van der Waals surface area contributed by atoms with Crippen LogP contribution in [0.1, 0.15) is 43.2 Å². The van der Waals surface area contributed by atoms with Crippen molar-refractivity contribution < 1.29 is 9.90 Å². The van der Waals surface area contributed by atoms with Crippen LogP contribution in [0.5, 0.6) is 0 Å². The molecule has 0 aliphatic carbocycles. The van der Waals surface area contributed by atoms with Crippen molar-refractivity contribution in [3.8, 4) is 0 Å². The summed E-state index contributed by atoms with van der Waals surface area (Å²) in [7, 11) is 0. The molecule has 1 aromatic rings. The molecule has 6 heteroatoms. The van der Waals surface area contributed by atoms with Gasteiger partial charge in [-0.3, -0.25) is 4.79 Å². The number of hydrogen-bond donors (Lipinski definition) is 3. The van der Waals surface area contributed by atoms with E-state index in [9.17, 15) is 4.79 Å². The average molecular weight is 280 g/mol. The van der Waals surface area contributed by atoms with Gasteiger partial charge in [-0.05, 0) is 38.8 Å². The summed E-state index contributed by atoms with van der Waals surface area (Å²) in [6, 6.07) is 3.51. The van der Waals surface area contributed by atoms with Crippen LogP contribution >= 0.6 is 0 Å². The molecule has 0 aromatic carbocycles. The van der Waals surface area contributed by atoms with Crippen molar-refractivity contribution in [3.63, 3.8) is 0 Å². The second kappa shape index (κ2) is 7.81. The van der Waals surface area contributed by atoms with Gasteiger partial charge in [0.15, 0.2) is 0 Å². The minimum Gasteiger partial charge on any atom is -0.396 e. The maximum atomic E-state index is 12.6. The van der Waals surface area contributed by atoms with E-state index in [4.69, 9.17) is 10.9 Å². The molecule has 0 saturated heterocycles. The van der Waals surface area contributed by atoms with E-state index in [-0.39, 0.29) is 18.6 Å². The number of nitrogens with one attached hydrogen (secondary N) is 1. The molecule has 0 spiro atoms. The van der Waals surface area contributed by atoms with Crippen LogP contribution in [0, 0.1) is 0 Å². The van der Waals surface area contributed by atoms with Gasteiger partial charge in [0.25, 0.3) is 5.91 Å². The second-order valence-electron chi connectivity index (χ2n) is 4.90. The van der Waals surface area contributed by atoms with Gasteiger partial charge in [-0.2, -0.15) is 0 Å². The zero-order valence-corrected chi connectivity index (χ0v) is 12.4. The highest BCUT2D eigenvalue weighted by atomic mass is 16.3. The fraction of sp³-hybridized carbons (Fsp3) is 0.571. The summed E-state index contributed by atoms with van der Waals surface area (Å²) < 4.78 is 0.